The lowest BCUT2D eigenvalue weighted by atomic mass is 10.1. The summed E-state index contributed by atoms with van der Waals surface area (Å²) in [6.45, 7) is 5.35. The Hall–Kier alpha value is -2.27. The largest absolute Gasteiger partial charge is 0.381 e. The second-order valence-electron chi connectivity index (χ2n) is 6.95. The summed E-state index contributed by atoms with van der Waals surface area (Å²) in [5, 5.41) is 6.50. The monoisotopic (exact) mass is 340 g/mol. The maximum atomic E-state index is 12.4. The number of amides is 1. The van der Waals surface area contributed by atoms with Crippen LogP contribution in [0.4, 0.5) is 11.4 Å². The highest BCUT2D eigenvalue weighted by atomic mass is 16.2. The number of likely N-dealkylation sites (tertiary alicyclic amines) is 1. The van der Waals surface area contributed by atoms with Gasteiger partial charge in [0.25, 0.3) is 0 Å². The number of nitrogens with zero attached hydrogens (tertiary/aromatic N) is 2. The maximum Gasteiger partial charge on any atom is 0.238 e. The molecule has 1 saturated heterocycles. The molecule has 2 heterocycles. The fraction of sp³-hybridized carbons (Fsp3) is 0.450. The topological polar surface area (TPSA) is 49.3 Å². The molecule has 1 aromatic carbocycles. The van der Waals surface area contributed by atoms with E-state index < -0.39 is 0 Å². The first-order valence-corrected chi connectivity index (χ1v) is 9.08. The van der Waals surface area contributed by atoms with E-state index in [0.717, 1.165) is 36.6 Å². The lowest BCUT2D eigenvalue weighted by Gasteiger charge is -2.25. The molecule has 1 fully saturated rings. The summed E-state index contributed by atoms with van der Waals surface area (Å²) in [7, 11) is 2.02. The molecule has 0 unspecified atom stereocenters. The standard InChI is InChI=1S/C20H28N4O/c1-16-6-7-18(21-13-17-8-11-23(2)14-17)12-19(16)22-20(25)15-24-9-4-3-5-10-24/h6-8,11-12,14,21H,3-5,9-10,13,15H2,1-2H3,(H,22,25). The molecule has 2 aromatic rings. The van der Waals surface area contributed by atoms with Crippen molar-refractivity contribution in [2.75, 3.05) is 30.3 Å². The number of rotatable bonds is 6. The van der Waals surface area contributed by atoms with Gasteiger partial charge in [-0.15, -0.1) is 0 Å². The van der Waals surface area contributed by atoms with Gasteiger partial charge in [-0.1, -0.05) is 12.5 Å². The minimum atomic E-state index is 0.0743. The van der Waals surface area contributed by atoms with Crippen LogP contribution in [0.5, 0.6) is 0 Å². The molecule has 1 aliphatic rings. The first-order valence-electron chi connectivity index (χ1n) is 9.08. The number of anilines is 2. The highest BCUT2D eigenvalue weighted by Crippen LogP contribution is 2.21. The average Bonchev–Trinajstić information content (AvgIpc) is 3.02. The Kier molecular flexibility index (Phi) is 5.76. The van der Waals surface area contributed by atoms with E-state index in [0.29, 0.717) is 6.54 Å². The van der Waals surface area contributed by atoms with Crippen LogP contribution in [0.15, 0.2) is 36.7 Å². The zero-order valence-corrected chi connectivity index (χ0v) is 15.2. The van der Waals surface area contributed by atoms with Gasteiger partial charge in [-0.25, -0.2) is 0 Å². The highest BCUT2D eigenvalue weighted by molar-refractivity contribution is 5.93. The second kappa shape index (κ2) is 8.21. The van der Waals surface area contributed by atoms with Crippen LogP contribution >= 0.6 is 0 Å². The van der Waals surface area contributed by atoms with Gasteiger partial charge >= 0.3 is 0 Å². The van der Waals surface area contributed by atoms with Crippen LogP contribution < -0.4 is 10.6 Å². The number of carbonyl (C=O) groups excluding carboxylic acids is 1. The highest BCUT2D eigenvalue weighted by Gasteiger charge is 2.14. The average molecular weight is 340 g/mol. The van der Waals surface area contributed by atoms with Crippen LogP contribution in [0, 0.1) is 6.92 Å². The Balaban J connectivity index is 1.57. The maximum absolute atomic E-state index is 12.4. The molecule has 134 valence electrons. The molecule has 2 N–H and O–H groups in total. The summed E-state index contributed by atoms with van der Waals surface area (Å²) in [4.78, 5) is 14.6. The number of aromatic nitrogens is 1. The van der Waals surface area contributed by atoms with E-state index in [9.17, 15) is 4.79 Å². The second-order valence-corrected chi connectivity index (χ2v) is 6.95. The Bertz CT molecular complexity index is 716. The zero-order chi connectivity index (χ0) is 17.6. The number of hydrogen-bond donors (Lipinski definition) is 2. The molecule has 1 aromatic heterocycles. The fourth-order valence-corrected chi connectivity index (χ4v) is 3.25. The summed E-state index contributed by atoms with van der Waals surface area (Å²) in [6, 6.07) is 8.22. The first-order chi connectivity index (χ1) is 12.1. The predicted molar refractivity (Wildman–Crippen MR) is 103 cm³/mol. The van der Waals surface area contributed by atoms with Crippen molar-refractivity contribution in [3.63, 3.8) is 0 Å². The number of piperidine rings is 1. The zero-order valence-electron chi connectivity index (χ0n) is 15.2. The molecule has 0 saturated carbocycles. The van der Waals surface area contributed by atoms with Crippen molar-refractivity contribution < 1.29 is 4.79 Å². The molecule has 0 atom stereocenters. The fourth-order valence-electron chi connectivity index (χ4n) is 3.25. The molecule has 1 aliphatic heterocycles. The first kappa shape index (κ1) is 17.5. The summed E-state index contributed by atoms with van der Waals surface area (Å²) in [5.74, 6) is 0.0743. The molecule has 0 spiro atoms. The van der Waals surface area contributed by atoms with Crippen LogP contribution in [0.1, 0.15) is 30.4 Å². The minimum absolute atomic E-state index is 0.0743. The predicted octanol–water partition coefficient (Wildman–Crippen LogP) is 3.37. The summed E-state index contributed by atoms with van der Waals surface area (Å²) in [5.41, 5.74) is 4.22. The summed E-state index contributed by atoms with van der Waals surface area (Å²) < 4.78 is 2.04. The Morgan fingerprint density at radius 2 is 1.96 bits per heavy atom. The van der Waals surface area contributed by atoms with Crippen molar-refractivity contribution in [2.45, 2.75) is 32.7 Å². The van der Waals surface area contributed by atoms with Gasteiger partial charge < -0.3 is 15.2 Å². The molecule has 25 heavy (non-hydrogen) atoms. The molecule has 5 nitrogen and oxygen atoms in total. The smallest absolute Gasteiger partial charge is 0.238 e. The normalized spacial score (nSPS) is 15.1. The van der Waals surface area contributed by atoms with Crippen LogP contribution in [0.25, 0.3) is 0 Å². The Morgan fingerprint density at radius 1 is 1.16 bits per heavy atom. The number of benzene rings is 1. The Labute approximate surface area is 150 Å². The molecule has 3 rings (SSSR count). The summed E-state index contributed by atoms with van der Waals surface area (Å²) >= 11 is 0. The quantitative estimate of drug-likeness (QED) is 0.848. The van der Waals surface area contributed by atoms with E-state index in [4.69, 9.17) is 0 Å². The van der Waals surface area contributed by atoms with Gasteiger partial charge in [0.1, 0.15) is 0 Å². The van der Waals surface area contributed by atoms with E-state index in [1.54, 1.807) is 0 Å². The van der Waals surface area contributed by atoms with Gasteiger partial charge in [-0.05, 0) is 62.2 Å². The van der Waals surface area contributed by atoms with Crippen molar-refractivity contribution in [1.29, 1.82) is 0 Å². The van der Waals surface area contributed by atoms with E-state index in [1.165, 1.54) is 24.8 Å². The van der Waals surface area contributed by atoms with Crippen molar-refractivity contribution >= 4 is 17.3 Å². The lowest BCUT2D eigenvalue weighted by Crippen LogP contribution is -2.36. The van der Waals surface area contributed by atoms with Crippen LogP contribution in [0.2, 0.25) is 0 Å². The van der Waals surface area contributed by atoms with Gasteiger partial charge in [0.15, 0.2) is 0 Å². The third-order valence-corrected chi connectivity index (χ3v) is 4.72. The van der Waals surface area contributed by atoms with Gasteiger partial charge in [0.05, 0.1) is 6.54 Å². The third kappa shape index (κ3) is 5.10. The molecule has 0 aliphatic carbocycles. The number of hydrogen-bond acceptors (Lipinski definition) is 3. The minimum Gasteiger partial charge on any atom is -0.381 e. The van der Waals surface area contributed by atoms with Gasteiger partial charge in [-0.3, -0.25) is 9.69 Å². The van der Waals surface area contributed by atoms with Crippen LogP contribution in [0.3, 0.4) is 0 Å². The molecule has 0 bridgehead atoms. The van der Waals surface area contributed by atoms with Crippen molar-refractivity contribution in [1.82, 2.24) is 9.47 Å². The lowest BCUT2D eigenvalue weighted by molar-refractivity contribution is -0.117. The van der Waals surface area contributed by atoms with Crippen LogP contribution in [-0.4, -0.2) is 35.0 Å². The number of aryl methyl sites for hydroxylation is 2. The van der Waals surface area contributed by atoms with Crippen molar-refractivity contribution in [2.24, 2.45) is 7.05 Å². The van der Waals surface area contributed by atoms with Gasteiger partial charge in [-0.2, -0.15) is 0 Å². The van der Waals surface area contributed by atoms with E-state index in [-0.39, 0.29) is 5.91 Å². The van der Waals surface area contributed by atoms with Gasteiger partial charge in [0, 0.05) is 37.4 Å². The van der Waals surface area contributed by atoms with E-state index >= 15 is 0 Å². The molecular weight excluding hydrogens is 312 g/mol. The molecular formula is C20H28N4O. The molecule has 5 heteroatoms. The van der Waals surface area contributed by atoms with Crippen LogP contribution in [-0.2, 0) is 18.4 Å². The van der Waals surface area contributed by atoms with Gasteiger partial charge in [0.2, 0.25) is 5.91 Å². The van der Waals surface area contributed by atoms with E-state index in [2.05, 4.69) is 33.9 Å². The SMILES string of the molecule is Cc1ccc(NCc2ccn(C)c2)cc1NC(=O)CN1CCCCC1. The van der Waals surface area contributed by atoms with Crippen molar-refractivity contribution in [3.05, 3.63) is 47.8 Å². The van der Waals surface area contributed by atoms with Crippen molar-refractivity contribution in [3.8, 4) is 0 Å². The third-order valence-electron chi connectivity index (χ3n) is 4.72. The molecule has 0 radical (unpaired) electrons. The Morgan fingerprint density at radius 3 is 2.68 bits per heavy atom. The number of carbonyl (C=O) groups is 1. The molecule has 1 amide bonds. The number of nitrogens with one attached hydrogen (secondary N) is 2. The van der Waals surface area contributed by atoms with E-state index in [1.807, 2.05) is 36.9 Å². The summed E-state index contributed by atoms with van der Waals surface area (Å²) in [6.07, 6.45) is 7.82.